The van der Waals surface area contributed by atoms with Gasteiger partial charge in [-0.15, -0.1) is 23.1 Å². The van der Waals surface area contributed by atoms with Gasteiger partial charge < -0.3 is 9.80 Å². The van der Waals surface area contributed by atoms with Gasteiger partial charge in [0.15, 0.2) is 0 Å². The summed E-state index contributed by atoms with van der Waals surface area (Å²) in [7, 11) is 3.49. The van der Waals surface area contributed by atoms with Gasteiger partial charge in [0.1, 0.15) is 0 Å². The van der Waals surface area contributed by atoms with E-state index in [0.29, 0.717) is 17.9 Å². The van der Waals surface area contributed by atoms with Crippen LogP contribution in [0.25, 0.3) is 0 Å². The van der Waals surface area contributed by atoms with Crippen LogP contribution in [0.5, 0.6) is 0 Å². The minimum atomic E-state index is 0.0414. The molecular formula is C20H26N4O2S2. The van der Waals surface area contributed by atoms with Gasteiger partial charge in [-0.3, -0.25) is 14.5 Å². The normalized spacial score (nSPS) is 15.3. The molecule has 1 aliphatic heterocycles. The molecule has 0 saturated carbocycles. The van der Waals surface area contributed by atoms with Crippen molar-refractivity contribution in [3.05, 3.63) is 46.4 Å². The average Bonchev–Trinajstić information content (AvgIpc) is 3.10. The highest BCUT2D eigenvalue weighted by atomic mass is 32.2. The number of carbonyl (C=O) groups excluding carboxylic acids is 2. The van der Waals surface area contributed by atoms with E-state index in [9.17, 15) is 9.59 Å². The molecule has 1 fully saturated rings. The smallest absolute Gasteiger partial charge is 0.255 e. The van der Waals surface area contributed by atoms with E-state index in [1.807, 2.05) is 34.7 Å². The van der Waals surface area contributed by atoms with E-state index in [1.54, 1.807) is 30.3 Å². The number of rotatable bonds is 6. The maximum Gasteiger partial charge on any atom is 0.255 e. The average molecular weight is 419 g/mol. The van der Waals surface area contributed by atoms with Crippen LogP contribution in [-0.2, 0) is 11.3 Å². The Morgan fingerprint density at radius 2 is 2.00 bits per heavy atom. The van der Waals surface area contributed by atoms with Crippen LogP contribution in [-0.4, -0.2) is 77.5 Å². The molecule has 2 aromatic rings. The van der Waals surface area contributed by atoms with Crippen LogP contribution in [0.4, 0.5) is 0 Å². The first-order valence-electron chi connectivity index (χ1n) is 9.35. The summed E-state index contributed by atoms with van der Waals surface area (Å²) >= 11 is 3.04. The van der Waals surface area contributed by atoms with Gasteiger partial charge in [0, 0.05) is 57.1 Å². The molecule has 28 heavy (non-hydrogen) atoms. The molecule has 0 unspecified atom stereocenters. The standard InChI is InChI=1S/C20H26N4O2S2/c1-22(2)19(25)14-28-18-7-4-3-6-17(18)20(26)24-9-5-8-23(10-11-24)12-16-13-27-15-21-16/h3-4,6-7,13,15H,5,8-12,14H2,1-2H3. The van der Waals surface area contributed by atoms with E-state index in [2.05, 4.69) is 15.3 Å². The molecule has 150 valence electrons. The number of nitrogens with zero attached hydrogens (tertiary/aromatic N) is 4. The molecule has 1 saturated heterocycles. The summed E-state index contributed by atoms with van der Waals surface area (Å²) in [6, 6.07) is 7.59. The van der Waals surface area contributed by atoms with Gasteiger partial charge in [-0.25, -0.2) is 4.98 Å². The monoisotopic (exact) mass is 418 g/mol. The van der Waals surface area contributed by atoms with Crippen LogP contribution in [0.1, 0.15) is 22.5 Å². The van der Waals surface area contributed by atoms with Crippen LogP contribution in [0.15, 0.2) is 40.1 Å². The Hall–Kier alpha value is -1.90. The minimum absolute atomic E-state index is 0.0414. The first kappa shape index (κ1) is 20.8. The van der Waals surface area contributed by atoms with Crippen molar-refractivity contribution in [1.82, 2.24) is 19.7 Å². The molecule has 1 aliphatic rings. The lowest BCUT2D eigenvalue weighted by atomic mass is 10.2. The zero-order chi connectivity index (χ0) is 19.9. The second kappa shape index (κ2) is 10.0. The predicted octanol–water partition coefficient (Wildman–Crippen LogP) is 2.67. The highest BCUT2D eigenvalue weighted by Gasteiger charge is 2.23. The van der Waals surface area contributed by atoms with Gasteiger partial charge in [0.05, 0.1) is 22.5 Å². The van der Waals surface area contributed by atoms with Gasteiger partial charge in [-0.05, 0) is 18.6 Å². The van der Waals surface area contributed by atoms with Gasteiger partial charge in [-0.2, -0.15) is 0 Å². The number of hydrogen-bond donors (Lipinski definition) is 0. The van der Waals surface area contributed by atoms with Gasteiger partial charge in [-0.1, -0.05) is 12.1 Å². The third-order valence-corrected chi connectivity index (χ3v) is 6.41. The summed E-state index contributed by atoms with van der Waals surface area (Å²) in [6.07, 6.45) is 0.949. The Balaban J connectivity index is 1.62. The molecule has 8 heteroatoms. The van der Waals surface area contributed by atoms with Crippen molar-refractivity contribution < 1.29 is 9.59 Å². The second-order valence-electron chi connectivity index (χ2n) is 6.97. The number of aromatic nitrogens is 1. The molecule has 0 atom stereocenters. The third-order valence-electron chi connectivity index (χ3n) is 4.71. The SMILES string of the molecule is CN(C)C(=O)CSc1ccccc1C(=O)N1CCCN(Cc2cscn2)CC1. The summed E-state index contributed by atoms with van der Waals surface area (Å²) in [6.45, 7) is 4.11. The van der Waals surface area contributed by atoms with Crippen molar-refractivity contribution in [3.8, 4) is 0 Å². The number of benzene rings is 1. The number of amides is 2. The maximum atomic E-state index is 13.2. The Bertz CT molecular complexity index is 795. The summed E-state index contributed by atoms with van der Waals surface area (Å²) in [5.74, 6) is 0.425. The van der Waals surface area contributed by atoms with E-state index in [-0.39, 0.29) is 11.8 Å². The number of thioether (sulfide) groups is 1. The Morgan fingerprint density at radius 1 is 1.18 bits per heavy atom. The second-order valence-corrected chi connectivity index (χ2v) is 8.71. The Labute approximate surface area is 174 Å². The lowest BCUT2D eigenvalue weighted by Gasteiger charge is -2.22. The molecule has 3 rings (SSSR count). The van der Waals surface area contributed by atoms with Crippen molar-refractivity contribution in [3.63, 3.8) is 0 Å². The summed E-state index contributed by atoms with van der Waals surface area (Å²) in [5, 5.41) is 2.08. The van der Waals surface area contributed by atoms with Crippen LogP contribution in [0.2, 0.25) is 0 Å². The molecule has 2 amide bonds. The highest BCUT2D eigenvalue weighted by Crippen LogP contribution is 2.24. The summed E-state index contributed by atoms with van der Waals surface area (Å²) in [5.41, 5.74) is 3.64. The molecule has 1 aromatic carbocycles. The van der Waals surface area contributed by atoms with Crippen molar-refractivity contribution in [2.75, 3.05) is 46.0 Å². The Morgan fingerprint density at radius 3 is 2.75 bits per heavy atom. The molecule has 0 radical (unpaired) electrons. The van der Waals surface area contributed by atoms with Gasteiger partial charge >= 0.3 is 0 Å². The van der Waals surface area contributed by atoms with E-state index >= 15 is 0 Å². The van der Waals surface area contributed by atoms with E-state index in [4.69, 9.17) is 0 Å². The molecule has 0 spiro atoms. The van der Waals surface area contributed by atoms with Crippen molar-refractivity contribution in [1.29, 1.82) is 0 Å². The topological polar surface area (TPSA) is 56.8 Å². The number of thiazole rings is 1. The fourth-order valence-corrected chi connectivity index (χ4v) is 4.66. The summed E-state index contributed by atoms with van der Waals surface area (Å²) < 4.78 is 0. The molecule has 2 heterocycles. The van der Waals surface area contributed by atoms with Crippen molar-refractivity contribution in [2.45, 2.75) is 17.9 Å². The van der Waals surface area contributed by atoms with Gasteiger partial charge in [0.2, 0.25) is 5.91 Å². The lowest BCUT2D eigenvalue weighted by Crippen LogP contribution is -2.35. The van der Waals surface area contributed by atoms with Crippen LogP contribution in [0.3, 0.4) is 0 Å². The quantitative estimate of drug-likeness (QED) is 0.675. The summed E-state index contributed by atoms with van der Waals surface area (Å²) in [4.78, 5) is 36.2. The molecular weight excluding hydrogens is 392 g/mol. The molecule has 1 aromatic heterocycles. The number of carbonyl (C=O) groups is 2. The number of hydrogen-bond acceptors (Lipinski definition) is 6. The first-order chi connectivity index (χ1) is 13.5. The van der Waals surface area contributed by atoms with Gasteiger partial charge in [0.25, 0.3) is 5.91 Å². The maximum absolute atomic E-state index is 13.2. The fraction of sp³-hybridized carbons (Fsp3) is 0.450. The molecule has 0 bridgehead atoms. The largest absolute Gasteiger partial charge is 0.348 e. The van der Waals surface area contributed by atoms with Crippen molar-refractivity contribution >= 4 is 34.9 Å². The van der Waals surface area contributed by atoms with Crippen molar-refractivity contribution in [2.24, 2.45) is 0 Å². The third kappa shape index (κ3) is 5.56. The minimum Gasteiger partial charge on any atom is -0.348 e. The first-order valence-corrected chi connectivity index (χ1v) is 11.3. The lowest BCUT2D eigenvalue weighted by molar-refractivity contribution is -0.125. The molecule has 0 aliphatic carbocycles. The molecule has 6 nitrogen and oxygen atoms in total. The van der Waals surface area contributed by atoms with E-state index in [1.165, 1.54) is 11.8 Å². The Kier molecular flexibility index (Phi) is 7.47. The zero-order valence-electron chi connectivity index (χ0n) is 16.3. The van der Waals surface area contributed by atoms with E-state index < -0.39 is 0 Å². The van der Waals surface area contributed by atoms with Crippen LogP contribution < -0.4 is 0 Å². The highest BCUT2D eigenvalue weighted by molar-refractivity contribution is 8.00. The molecule has 0 N–H and O–H groups in total. The zero-order valence-corrected chi connectivity index (χ0v) is 18.0. The van der Waals surface area contributed by atoms with Crippen LogP contribution >= 0.6 is 23.1 Å². The van der Waals surface area contributed by atoms with Crippen LogP contribution in [0, 0.1) is 0 Å². The predicted molar refractivity (Wildman–Crippen MR) is 114 cm³/mol. The fourth-order valence-electron chi connectivity index (χ4n) is 3.08. The van der Waals surface area contributed by atoms with E-state index in [0.717, 1.165) is 43.2 Å².